The summed E-state index contributed by atoms with van der Waals surface area (Å²) in [6.45, 7) is 13.1. The number of nitrogens with one attached hydrogen (secondary N) is 2. The predicted molar refractivity (Wildman–Crippen MR) is 174 cm³/mol. The Hall–Kier alpha value is -3.24. The second kappa shape index (κ2) is 13.7. The van der Waals surface area contributed by atoms with E-state index in [0.717, 1.165) is 81.8 Å². The molecule has 0 aromatic carbocycles. The fourth-order valence-electron chi connectivity index (χ4n) is 7.91. The lowest BCUT2D eigenvalue weighted by Gasteiger charge is -2.20. The molecule has 0 spiro atoms. The van der Waals surface area contributed by atoms with Crippen molar-refractivity contribution in [2.75, 3.05) is 13.1 Å². The number of carbonyl (C=O) groups excluding carboxylic acids is 4. The Morgan fingerprint density at radius 1 is 0.745 bits per heavy atom. The molecule has 4 heterocycles. The summed E-state index contributed by atoms with van der Waals surface area (Å²) in [5, 5.41) is 6.13. The highest BCUT2D eigenvalue weighted by atomic mass is 16.7. The number of amides is 2. The van der Waals surface area contributed by atoms with Gasteiger partial charge in [0.1, 0.15) is 24.4 Å². The third kappa shape index (κ3) is 7.59. The second-order valence-corrected chi connectivity index (χ2v) is 14.7. The minimum atomic E-state index is -0.322. The number of epoxide rings is 2. The largest absolute Gasteiger partial charge is 0.455 e. The summed E-state index contributed by atoms with van der Waals surface area (Å²) < 4.78 is 23.2. The first kappa shape index (κ1) is 33.7. The van der Waals surface area contributed by atoms with Crippen LogP contribution >= 0.6 is 0 Å². The first-order chi connectivity index (χ1) is 22.5. The van der Waals surface area contributed by atoms with E-state index in [1.54, 1.807) is 0 Å². The molecule has 4 fully saturated rings. The van der Waals surface area contributed by atoms with Crippen LogP contribution in [0.5, 0.6) is 0 Å². The molecule has 0 aromatic rings. The normalized spacial score (nSPS) is 38.5. The SMILES string of the molecule is C=C1C(=O)O[C@H]2[C@H]1CC/C(CNC(=O)CCCCCC(=O)NC/C1=C/CC[C@@]3(C)O[C@H]3[C@H]3OC(=O)C(=C)[C@@H]3CC1)=C\CC[C@@]1(C)O[C@@H]21. The van der Waals surface area contributed by atoms with Crippen LogP contribution in [0.25, 0.3) is 0 Å². The maximum atomic E-state index is 12.6. The average Bonchev–Trinajstić information content (AvgIpc) is 3.85. The van der Waals surface area contributed by atoms with Crippen LogP contribution in [0.3, 0.4) is 0 Å². The van der Waals surface area contributed by atoms with Crippen molar-refractivity contribution in [2.24, 2.45) is 11.8 Å². The summed E-state index contributed by atoms with van der Waals surface area (Å²) in [6, 6.07) is 0. The van der Waals surface area contributed by atoms with Crippen LogP contribution in [0.2, 0.25) is 0 Å². The third-order valence-electron chi connectivity index (χ3n) is 11.2. The van der Waals surface area contributed by atoms with E-state index in [1.165, 1.54) is 0 Å². The van der Waals surface area contributed by atoms with E-state index in [1.807, 2.05) is 0 Å². The minimum Gasteiger partial charge on any atom is -0.455 e. The van der Waals surface area contributed by atoms with Crippen molar-refractivity contribution >= 4 is 23.8 Å². The molecular weight excluding hydrogens is 600 g/mol. The molecule has 256 valence electrons. The fourth-order valence-corrected chi connectivity index (χ4v) is 7.91. The monoisotopic (exact) mass is 650 g/mol. The molecule has 2 aliphatic carbocycles. The van der Waals surface area contributed by atoms with E-state index >= 15 is 0 Å². The van der Waals surface area contributed by atoms with Crippen LogP contribution in [0.4, 0.5) is 0 Å². The number of hydrogen-bond donors (Lipinski definition) is 2. The molecule has 6 aliphatic rings. The molecule has 10 heteroatoms. The number of unbranched alkanes of at least 4 members (excludes halogenated alkanes) is 2. The number of fused-ring (bicyclic) bond motifs is 6. The highest BCUT2D eigenvalue weighted by Crippen LogP contribution is 2.51. The Kier molecular flexibility index (Phi) is 9.81. The minimum absolute atomic E-state index is 0.00524. The van der Waals surface area contributed by atoms with Gasteiger partial charge in [-0.15, -0.1) is 0 Å². The van der Waals surface area contributed by atoms with Crippen LogP contribution in [-0.2, 0) is 38.1 Å². The van der Waals surface area contributed by atoms with Gasteiger partial charge in [0.15, 0.2) is 0 Å². The van der Waals surface area contributed by atoms with Crippen molar-refractivity contribution in [2.45, 2.75) is 133 Å². The van der Waals surface area contributed by atoms with Crippen LogP contribution in [0.1, 0.15) is 97.3 Å². The molecule has 0 bridgehead atoms. The molecule has 10 nitrogen and oxygen atoms in total. The van der Waals surface area contributed by atoms with E-state index in [-0.39, 0.29) is 71.2 Å². The Morgan fingerprint density at radius 3 is 1.60 bits per heavy atom. The highest BCUT2D eigenvalue weighted by molar-refractivity contribution is 5.91. The van der Waals surface area contributed by atoms with Crippen LogP contribution in [0, 0.1) is 11.8 Å². The van der Waals surface area contributed by atoms with Gasteiger partial charge in [0.2, 0.25) is 11.8 Å². The number of ether oxygens (including phenoxy) is 4. The van der Waals surface area contributed by atoms with Crippen molar-refractivity contribution < 1.29 is 38.1 Å². The molecule has 4 aliphatic heterocycles. The standard InChI is InChI=1S/C37H50N2O8/c1-22-26-16-14-24(10-8-18-36(3)32(46-36)30(26)44-34(22)42)20-38-28(40)12-6-5-7-13-29(41)39-21-25-11-9-19-37(4)33(47-37)31-27(17-15-25)23(2)35(43)45-31/h10-11,26-27,30-33H,1-2,5-9,12-21H2,3-4H3,(H,38,40)(H,39,41)/b24-10+,25-11+/t26-,27-,30-,31-,32-,33-,36+,37+/m0/s1. The van der Waals surface area contributed by atoms with Gasteiger partial charge in [0, 0.05) is 48.9 Å². The zero-order chi connectivity index (χ0) is 33.3. The van der Waals surface area contributed by atoms with Crippen molar-refractivity contribution in [1.29, 1.82) is 0 Å². The lowest BCUT2D eigenvalue weighted by Crippen LogP contribution is -2.30. The van der Waals surface area contributed by atoms with E-state index in [0.29, 0.717) is 37.1 Å². The quantitative estimate of drug-likeness (QED) is 0.114. The average molecular weight is 651 g/mol. The van der Waals surface area contributed by atoms with Crippen LogP contribution in [0.15, 0.2) is 47.6 Å². The molecule has 4 saturated heterocycles. The summed E-state index contributed by atoms with van der Waals surface area (Å²) in [5.74, 6) is -0.749. The molecule has 6 rings (SSSR count). The van der Waals surface area contributed by atoms with Gasteiger partial charge < -0.3 is 29.6 Å². The van der Waals surface area contributed by atoms with Crippen LogP contribution < -0.4 is 10.6 Å². The summed E-state index contributed by atoms with van der Waals surface area (Å²) >= 11 is 0. The van der Waals surface area contributed by atoms with Crippen LogP contribution in [-0.4, -0.2) is 72.5 Å². The van der Waals surface area contributed by atoms with Crippen molar-refractivity contribution in [3.63, 3.8) is 0 Å². The highest BCUT2D eigenvalue weighted by Gasteiger charge is 2.62. The van der Waals surface area contributed by atoms with Gasteiger partial charge in [-0.2, -0.15) is 0 Å². The predicted octanol–water partition coefficient (Wildman–Crippen LogP) is 4.68. The van der Waals surface area contributed by atoms with Gasteiger partial charge in [0.25, 0.3) is 0 Å². The van der Waals surface area contributed by atoms with Crippen molar-refractivity contribution in [3.8, 4) is 0 Å². The zero-order valence-electron chi connectivity index (χ0n) is 27.9. The molecule has 2 amide bonds. The fraction of sp³-hybridized carbons (Fsp3) is 0.676. The topological polar surface area (TPSA) is 136 Å². The van der Waals surface area contributed by atoms with Crippen molar-refractivity contribution in [1.82, 2.24) is 10.6 Å². The van der Waals surface area contributed by atoms with Gasteiger partial charge in [-0.25, -0.2) is 9.59 Å². The second-order valence-electron chi connectivity index (χ2n) is 14.7. The summed E-state index contributed by atoms with van der Waals surface area (Å²) in [5.41, 5.74) is 2.81. The number of hydrogen-bond acceptors (Lipinski definition) is 8. The van der Waals surface area contributed by atoms with E-state index in [2.05, 4.69) is 49.8 Å². The molecule has 47 heavy (non-hydrogen) atoms. The molecule has 0 saturated carbocycles. The molecule has 2 N–H and O–H groups in total. The lowest BCUT2D eigenvalue weighted by atomic mass is 9.84. The van der Waals surface area contributed by atoms with Gasteiger partial charge in [-0.3, -0.25) is 9.59 Å². The van der Waals surface area contributed by atoms with Crippen molar-refractivity contribution in [3.05, 3.63) is 47.6 Å². The molecule has 0 unspecified atom stereocenters. The number of carbonyl (C=O) groups is 4. The number of esters is 2. The van der Waals surface area contributed by atoms with Gasteiger partial charge in [-0.05, 0) is 78.1 Å². The maximum absolute atomic E-state index is 12.6. The smallest absolute Gasteiger partial charge is 0.334 e. The van der Waals surface area contributed by atoms with E-state index in [4.69, 9.17) is 18.9 Å². The molecule has 0 aromatic heterocycles. The first-order valence-corrected chi connectivity index (χ1v) is 17.5. The molecular formula is C37H50N2O8. The van der Waals surface area contributed by atoms with Gasteiger partial charge in [0.05, 0.1) is 11.2 Å². The molecule has 0 radical (unpaired) electrons. The van der Waals surface area contributed by atoms with Gasteiger partial charge in [-0.1, -0.05) is 42.9 Å². The summed E-state index contributed by atoms with van der Waals surface area (Å²) in [6.07, 6.45) is 13.2. The first-order valence-electron chi connectivity index (χ1n) is 17.5. The number of rotatable bonds is 10. The Morgan fingerprint density at radius 2 is 1.17 bits per heavy atom. The molecule has 8 atom stereocenters. The zero-order valence-corrected chi connectivity index (χ0v) is 27.9. The Labute approximate surface area is 277 Å². The Bertz CT molecular complexity index is 1280. The maximum Gasteiger partial charge on any atom is 0.334 e. The number of allylic oxidation sites excluding steroid dienone is 2. The van der Waals surface area contributed by atoms with E-state index < -0.39 is 0 Å². The lowest BCUT2D eigenvalue weighted by molar-refractivity contribution is -0.140. The summed E-state index contributed by atoms with van der Waals surface area (Å²) in [4.78, 5) is 49.6. The summed E-state index contributed by atoms with van der Waals surface area (Å²) in [7, 11) is 0. The Balaban J connectivity index is 0.870. The van der Waals surface area contributed by atoms with E-state index in [9.17, 15) is 19.2 Å². The van der Waals surface area contributed by atoms with Gasteiger partial charge >= 0.3 is 11.9 Å². The third-order valence-corrected chi connectivity index (χ3v) is 11.2.